The van der Waals surface area contributed by atoms with Crippen molar-refractivity contribution in [3.63, 3.8) is 0 Å². The molecule has 252 valence electrons. The average molecular weight is 688 g/mol. The van der Waals surface area contributed by atoms with Crippen LogP contribution in [0.3, 0.4) is 0 Å². The maximum atomic E-state index is 6.65. The number of hydrogen-bond donors (Lipinski definition) is 0. The van der Waals surface area contributed by atoms with Gasteiger partial charge < -0.3 is 8.82 Å². The quantitative estimate of drug-likeness (QED) is 0.169. The largest absolute Gasteiger partial charge is 0.455 e. The summed E-state index contributed by atoms with van der Waals surface area (Å²) in [5.74, 6) is 0. The Morgan fingerprint density at radius 1 is 0.370 bits per heavy atom. The van der Waals surface area contributed by atoms with Crippen LogP contribution in [0.4, 0.5) is 0 Å². The highest BCUT2D eigenvalue weighted by Gasteiger charge is 2.21. The van der Waals surface area contributed by atoms with Crippen molar-refractivity contribution in [2.75, 3.05) is 0 Å². The molecule has 0 aliphatic carbocycles. The Labute approximate surface area is 311 Å². The number of aromatic nitrogens is 1. The van der Waals surface area contributed by atoms with Gasteiger partial charge in [0.1, 0.15) is 11.2 Å². The van der Waals surface area contributed by atoms with E-state index in [0.717, 1.165) is 21.9 Å². The SMILES string of the molecule is Cc1ccccc1-c1cc(-c2cc3c4ccccc4n4c5ccc(-c6ccc7oc8c9ccccc9c9ccccc9c8c7c6)cc5c(c2)c34)ccc1C. The minimum Gasteiger partial charge on any atom is -0.455 e. The van der Waals surface area contributed by atoms with Gasteiger partial charge in [-0.1, -0.05) is 115 Å². The molecule has 0 amide bonds. The third-order valence-corrected chi connectivity index (χ3v) is 12.0. The standard InChI is InChI=1S/C52H33NO/c1-30-11-3-4-12-36(30)42-25-34(20-19-31(42)2)35-28-44-39-15-9-10-18-47(39)53-48-23-21-32(26-43(48)45(29-35)51(44)53)33-22-24-49-46(27-33)50-40-16-7-5-13-37(40)38-14-6-8-17-41(38)52(50)54-49/h3-29H,1-2H3. The number of aryl methyl sites for hydroxylation is 2. The van der Waals surface area contributed by atoms with E-state index in [-0.39, 0.29) is 0 Å². The molecule has 12 aromatic rings. The number of nitrogens with zero attached hydrogens (tertiary/aromatic N) is 1. The van der Waals surface area contributed by atoms with E-state index in [4.69, 9.17) is 4.42 Å². The first-order valence-corrected chi connectivity index (χ1v) is 18.8. The Balaban J connectivity index is 1.10. The normalized spacial score (nSPS) is 12.3. The fourth-order valence-electron chi connectivity index (χ4n) is 9.40. The number of furan rings is 1. The molecule has 3 aromatic heterocycles. The van der Waals surface area contributed by atoms with Gasteiger partial charge in [-0.2, -0.15) is 0 Å². The molecule has 0 saturated carbocycles. The second-order valence-electron chi connectivity index (χ2n) is 15.0. The minimum atomic E-state index is 0.913. The number of hydrogen-bond acceptors (Lipinski definition) is 1. The molecule has 0 unspecified atom stereocenters. The molecule has 0 fully saturated rings. The molecule has 9 aromatic carbocycles. The summed E-state index contributed by atoms with van der Waals surface area (Å²) in [6.45, 7) is 4.42. The van der Waals surface area contributed by atoms with Crippen molar-refractivity contribution in [3.8, 4) is 33.4 Å². The van der Waals surface area contributed by atoms with Crippen molar-refractivity contribution in [2.24, 2.45) is 0 Å². The Morgan fingerprint density at radius 3 is 1.74 bits per heavy atom. The molecular formula is C52H33NO. The van der Waals surface area contributed by atoms with E-state index >= 15 is 0 Å². The number of para-hydroxylation sites is 1. The van der Waals surface area contributed by atoms with E-state index in [1.807, 2.05) is 0 Å². The maximum Gasteiger partial charge on any atom is 0.143 e. The smallest absolute Gasteiger partial charge is 0.143 e. The molecule has 0 N–H and O–H groups in total. The van der Waals surface area contributed by atoms with Crippen LogP contribution in [0.2, 0.25) is 0 Å². The van der Waals surface area contributed by atoms with Crippen LogP contribution in [0, 0.1) is 13.8 Å². The zero-order valence-electron chi connectivity index (χ0n) is 29.9. The van der Waals surface area contributed by atoms with Crippen molar-refractivity contribution in [1.29, 1.82) is 0 Å². The van der Waals surface area contributed by atoms with Gasteiger partial charge in [-0.05, 0) is 123 Å². The van der Waals surface area contributed by atoms with Crippen molar-refractivity contribution >= 4 is 81.6 Å². The van der Waals surface area contributed by atoms with E-state index in [0.29, 0.717) is 0 Å². The van der Waals surface area contributed by atoms with Gasteiger partial charge in [0.25, 0.3) is 0 Å². The van der Waals surface area contributed by atoms with Gasteiger partial charge in [0.05, 0.1) is 16.6 Å². The van der Waals surface area contributed by atoms with Crippen LogP contribution in [-0.4, -0.2) is 4.40 Å². The number of fused-ring (bicyclic) bond motifs is 14. The molecule has 0 aliphatic rings. The van der Waals surface area contributed by atoms with E-state index < -0.39 is 0 Å². The summed E-state index contributed by atoms with van der Waals surface area (Å²) in [6.07, 6.45) is 0. The maximum absolute atomic E-state index is 6.65. The first-order valence-electron chi connectivity index (χ1n) is 18.8. The molecule has 0 saturated heterocycles. The lowest BCUT2D eigenvalue weighted by atomic mass is 9.92. The fourth-order valence-corrected chi connectivity index (χ4v) is 9.40. The Bertz CT molecular complexity index is 3520. The lowest BCUT2D eigenvalue weighted by molar-refractivity contribution is 0.673. The highest BCUT2D eigenvalue weighted by molar-refractivity contribution is 6.30. The van der Waals surface area contributed by atoms with Crippen LogP contribution < -0.4 is 0 Å². The van der Waals surface area contributed by atoms with Crippen molar-refractivity contribution < 1.29 is 4.42 Å². The van der Waals surface area contributed by atoms with E-state index in [1.165, 1.54) is 104 Å². The zero-order valence-corrected chi connectivity index (χ0v) is 29.9. The highest BCUT2D eigenvalue weighted by atomic mass is 16.3. The third kappa shape index (κ3) is 4.00. The lowest BCUT2D eigenvalue weighted by Gasteiger charge is -2.12. The molecule has 2 heteroatoms. The molecule has 0 aliphatic heterocycles. The van der Waals surface area contributed by atoms with Crippen molar-refractivity contribution in [3.05, 3.63) is 175 Å². The monoisotopic (exact) mass is 687 g/mol. The van der Waals surface area contributed by atoms with Crippen LogP contribution in [0.5, 0.6) is 0 Å². The van der Waals surface area contributed by atoms with Gasteiger partial charge in [-0.25, -0.2) is 0 Å². The van der Waals surface area contributed by atoms with E-state index in [2.05, 4.69) is 182 Å². The number of rotatable bonds is 3. The van der Waals surface area contributed by atoms with Gasteiger partial charge >= 0.3 is 0 Å². The predicted molar refractivity (Wildman–Crippen MR) is 229 cm³/mol. The van der Waals surface area contributed by atoms with Crippen LogP contribution in [0.25, 0.3) is 115 Å². The predicted octanol–water partition coefficient (Wildman–Crippen LogP) is 14.7. The summed E-state index contributed by atoms with van der Waals surface area (Å²) in [5.41, 5.74) is 15.6. The summed E-state index contributed by atoms with van der Waals surface area (Å²) in [5, 5.41) is 12.3. The van der Waals surface area contributed by atoms with Gasteiger partial charge in [0.2, 0.25) is 0 Å². The molecule has 0 spiro atoms. The highest BCUT2D eigenvalue weighted by Crippen LogP contribution is 2.45. The Morgan fingerprint density at radius 2 is 0.926 bits per heavy atom. The van der Waals surface area contributed by atoms with Gasteiger partial charge in [0.15, 0.2) is 0 Å². The Hall–Kier alpha value is -6.90. The van der Waals surface area contributed by atoms with Gasteiger partial charge in [-0.3, -0.25) is 0 Å². The second-order valence-corrected chi connectivity index (χ2v) is 15.0. The molecular weight excluding hydrogens is 655 g/mol. The third-order valence-electron chi connectivity index (χ3n) is 12.0. The molecule has 2 nitrogen and oxygen atoms in total. The Kier molecular flexibility index (Phi) is 5.94. The minimum absolute atomic E-state index is 0.913. The fraction of sp³-hybridized carbons (Fsp3) is 0.0385. The van der Waals surface area contributed by atoms with E-state index in [1.54, 1.807) is 0 Å². The molecule has 0 atom stereocenters. The second kappa shape index (κ2) is 10.8. The summed E-state index contributed by atoms with van der Waals surface area (Å²) in [6, 6.07) is 60.4. The molecule has 3 heterocycles. The van der Waals surface area contributed by atoms with Crippen LogP contribution in [0.15, 0.2) is 168 Å². The molecule has 12 rings (SSSR count). The van der Waals surface area contributed by atoms with Crippen LogP contribution in [0.1, 0.15) is 11.1 Å². The summed E-state index contributed by atoms with van der Waals surface area (Å²) < 4.78 is 9.13. The zero-order chi connectivity index (χ0) is 35.7. The van der Waals surface area contributed by atoms with Crippen molar-refractivity contribution in [2.45, 2.75) is 13.8 Å². The summed E-state index contributed by atoms with van der Waals surface area (Å²) in [4.78, 5) is 0. The average Bonchev–Trinajstić information content (AvgIpc) is 3.88. The molecule has 0 radical (unpaired) electrons. The topological polar surface area (TPSA) is 17.6 Å². The first-order chi connectivity index (χ1) is 26.6. The van der Waals surface area contributed by atoms with Crippen molar-refractivity contribution in [1.82, 2.24) is 4.40 Å². The van der Waals surface area contributed by atoms with Crippen LogP contribution >= 0.6 is 0 Å². The van der Waals surface area contributed by atoms with Crippen LogP contribution in [-0.2, 0) is 0 Å². The van der Waals surface area contributed by atoms with Gasteiger partial charge in [0, 0.05) is 37.7 Å². The molecule has 0 bridgehead atoms. The van der Waals surface area contributed by atoms with E-state index in [9.17, 15) is 0 Å². The van der Waals surface area contributed by atoms with Gasteiger partial charge in [-0.15, -0.1) is 0 Å². The summed E-state index contributed by atoms with van der Waals surface area (Å²) >= 11 is 0. The number of benzene rings is 9. The first kappa shape index (κ1) is 29.7. The lowest BCUT2D eigenvalue weighted by Crippen LogP contribution is -1.88. The summed E-state index contributed by atoms with van der Waals surface area (Å²) in [7, 11) is 0. The molecule has 54 heavy (non-hydrogen) atoms.